The highest BCUT2D eigenvalue weighted by atomic mass is 127. The van der Waals surface area contributed by atoms with Crippen LogP contribution in [0.5, 0.6) is 0 Å². The van der Waals surface area contributed by atoms with Crippen molar-refractivity contribution in [2.45, 2.75) is 12.5 Å². The number of benzene rings is 1. The first-order chi connectivity index (χ1) is 9.38. The summed E-state index contributed by atoms with van der Waals surface area (Å²) in [6.07, 6.45) is 0. The summed E-state index contributed by atoms with van der Waals surface area (Å²) < 4.78 is 6.35. The minimum absolute atomic E-state index is 0.206. The molecule has 1 saturated heterocycles. The van der Waals surface area contributed by atoms with E-state index in [9.17, 15) is 9.59 Å². The molecule has 20 heavy (non-hydrogen) atoms. The fourth-order valence-electron chi connectivity index (χ4n) is 1.97. The van der Waals surface area contributed by atoms with Crippen molar-refractivity contribution in [3.63, 3.8) is 0 Å². The van der Waals surface area contributed by atoms with E-state index in [1.54, 1.807) is 11.8 Å². The molecule has 1 heterocycles. The van der Waals surface area contributed by atoms with Crippen molar-refractivity contribution in [3.8, 4) is 0 Å². The third kappa shape index (κ3) is 3.83. The summed E-state index contributed by atoms with van der Waals surface area (Å²) in [5.41, 5.74) is 0.164. The van der Waals surface area contributed by atoms with Crippen LogP contribution in [0.4, 0.5) is 10.5 Å². The highest BCUT2D eigenvalue weighted by Crippen LogP contribution is 2.25. The van der Waals surface area contributed by atoms with Gasteiger partial charge in [-0.3, -0.25) is 0 Å². The minimum atomic E-state index is -1.01. The number of carbonyl (C=O) groups excluding carboxylic acids is 1. The predicted molar refractivity (Wildman–Crippen MR) is 81.7 cm³/mol. The summed E-state index contributed by atoms with van der Waals surface area (Å²) in [5, 5.41) is 11.4. The van der Waals surface area contributed by atoms with Crippen molar-refractivity contribution >= 4 is 40.3 Å². The summed E-state index contributed by atoms with van der Waals surface area (Å²) in [6.45, 7) is 2.22. The van der Waals surface area contributed by atoms with E-state index in [1.165, 1.54) is 0 Å². The number of hydrogen-bond donors (Lipinski definition) is 2. The standard InChI is InChI=1S/C13H15IN2O4/c1-13(20-6-11(17)18)7-16(8-13)12(19)15-10-4-2-9(14)3-5-10/h2-5H,6-8H2,1H3,(H,15,19)(H,17,18). The molecule has 108 valence electrons. The van der Waals surface area contributed by atoms with Gasteiger partial charge in [-0.2, -0.15) is 0 Å². The van der Waals surface area contributed by atoms with Crippen LogP contribution < -0.4 is 5.32 Å². The van der Waals surface area contributed by atoms with Gasteiger partial charge >= 0.3 is 12.0 Å². The number of halogens is 1. The van der Waals surface area contributed by atoms with Crippen molar-refractivity contribution in [3.05, 3.63) is 27.8 Å². The molecule has 2 rings (SSSR count). The lowest BCUT2D eigenvalue weighted by molar-refractivity contribution is -0.159. The van der Waals surface area contributed by atoms with Crippen molar-refractivity contribution in [1.29, 1.82) is 0 Å². The second-order valence-electron chi connectivity index (χ2n) is 4.93. The first kappa shape index (κ1) is 15.0. The van der Waals surface area contributed by atoms with Crippen molar-refractivity contribution in [2.75, 3.05) is 25.0 Å². The normalized spacial score (nSPS) is 16.4. The zero-order valence-electron chi connectivity index (χ0n) is 10.9. The number of urea groups is 1. The number of carboxylic acid groups (broad SMARTS) is 1. The van der Waals surface area contributed by atoms with Crippen molar-refractivity contribution < 1.29 is 19.4 Å². The van der Waals surface area contributed by atoms with E-state index in [0.29, 0.717) is 13.1 Å². The first-order valence-corrected chi connectivity index (χ1v) is 7.13. The van der Waals surface area contributed by atoms with Crippen LogP contribution in [0.15, 0.2) is 24.3 Å². The monoisotopic (exact) mass is 390 g/mol. The van der Waals surface area contributed by atoms with Crippen LogP contribution in [0.2, 0.25) is 0 Å². The van der Waals surface area contributed by atoms with Gasteiger partial charge in [-0.05, 0) is 53.8 Å². The molecule has 6 nitrogen and oxygen atoms in total. The summed E-state index contributed by atoms with van der Waals surface area (Å²) in [4.78, 5) is 24.0. The number of carbonyl (C=O) groups is 2. The number of carboxylic acids is 1. The minimum Gasteiger partial charge on any atom is -0.480 e. The quantitative estimate of drug-likeness (QED) is 0.771. The number of likely N-dealkylation sites (tertiary alicyclic amines) is 1. The third-order valence-electron chi connectivity index (χ3n) is 2.98. The van der Waals surface area contributed by atoms with Crippen LogP contribution in [-0.2, 0) is 9.53 Å². The Kier molecular flexibility index (Phi) is 4.48. The topological polar surface area (TPSA) is 78.9 Å². The second-order valence-corrected chi connectivity index (χ2v) is 6.17. The largest absolute Gasteiger partial charge is 0.480 e. The Labute approximate surface area is 130 Å². The fraction of sp³-hybridized carbons (Fsp3) is 0.385. The molecule has 0 aromatic heterocycles. The summed E-state index contributed by atoms with van der Waals surface area (Å²) in [5.74, 6) is -1.01. The highest BCUT2D eigenvalue weighted by molar-refractivity contribution is 14.1. The number of rotatable bonds is 4. The van der Waals surface area contributed by atoms with Gasteiger partial charge in [0.2, 0.25) is 0 Å². The van der Waals surface area contributed by atoms with Crippen LogP contribution in [0.25, 0.3) is 0 Å². The molecule has 0 bridgehead atoms. The molecule has 1 aliphatic rings. The molecule has 0 unspecified atom stereocenters. The van der Waals surface area contributed by atoms with E-state index in [1.807, 2.05) is 24.3 Å². The lowest BCUT2D eigenvalue weighted by Gasteiger charge is -2.46. The zero-order valence-corrected chi connectivity index (χ0v) is 13.1. The van der Waals surface area contributed by atoms with E-state index in [4.69, 9.17) is 9.84 Å². The molecule has 0 saturated carbocycles. The summed E-state index contributed by atoms with van der Waals surface area (Å²) in [6, 6.07) is 7.28. The number of aliphatic carboxylic acids is 1. The molecule has 0 spiro atoms. The Balaban J connectivity index is 1.81. The van der Waals surface area contributed by atoms with E-state index in [2.05, 4.69) is 27.9 Å². The Morgan fingerprint density at radius 3 is 2.55 bits per heavy atom. The Bertz CT molecular complexity index is 512. The lowest BCUT2D eigenvalue weighted by Crippen LogP contribution is -2.64. The smallest absolute Gasteiger partial charge is 0.329 e. The van der Waals surface area contributed by atoms with Crippen LogP contribution in [0, 0.1) is 3.57 Å². The molecule has 2 N–H and O–H groups in total. The summed E-state index contributed by atoms with van der Waals surface area (Å²) in [7, 11) is 0. The Morgan fingerprint density at radius 2 is 2.00 bits per heavy atom. The van der Waals surface area contributed by atoms with Gasteiger partial charge < -0.3 is 20.1 Å². The molecular weight excluding hydrogens is 375 g/mol. The molecular formula is C13H15IN2O4. The number of hydrogen-bond acceptors (Lipinski definition) is 3. The molecule has 0 atom stereocenters. The van der Waals surface area contributed by atoms with Gasteiger partial charge in [-0.15, -0.1) is 0 Å². The van der Waals surface area contributed by atoms with Crippen LogP contribution >= 0.6 is 22.6 Å². The Morgan fingerprint density at radius 1 is 1.40 bits per heavy atom. The molecule has 1 aromatic rings. The van der Waals surface area contributed by atoms with E-state index < -0.39 is 11.6 Å². The molecule has 0 radical (unpaired) electrons. The first-order valence-electron chi connectivity index (χ1n) is 6.05. The number of nitrogens with one attached hydrogen (secondary N) is 1. The molecule has 0 aliphatic carbocycles. The van der Waals surface area contributed by atoms with Gasteiger partial charge in [-0.1, -0.05) is 0 Å². The molecule has 1 fully saturated rings. The van der Waals surface area contributed by atoms with Crippen LogP contribution in [0.3, 0.4) is 0 Å². The van der Waals surface area contributed by atoms with Crippen molar-refractivity contribution in [1.82, 2.24) is 4.90 Å². The van der Waals surface area contributed by atoms with E-state index >= 15 is 0 Å². The summed E-state index contributed by atoms with van der Waals surface area (Å²) >= 11 is 2.19. The fourth-order valence-corrected chi connectivity index (χ4v) is 2.33. The van der Waals surface area contributed by atoms with Gasteiger partial charge in [0.1, 0.15) is 12.2 Å². The number of nitrogens with zero attached hydrogens (tertiary/aromatic N) is 1. The maximum Gasteiger partial charge on any atom is 0.329 e. The lowest BCUT2D eigenvalue weighted by atomic mass is 9.97. The maximum atomic E-state index is 11.9. The SMILES string of the molecule is CC1(OCC(=O)O)CN(C(=O)Nc2ccc(I)cc2)C1. The zero-order chi connectivity index (χ0) is 14.8. The highest BCUT2D eigenvalue weighted by Gasteiger charge is 2.42. The average Bonchev–Trinajstić information content (AvgIpc) is 2.35. The molecule has 2 amide bonds. The van der Waals surface area contributed by atoms with Crippen molar-refractivity contribution in [2.24, 2.45) is 0 Å². The van der Waals surface area contributed by atoms with Gasteiger partial charge in [0.15, 0.2) is 0 Å². The molecule has 7 heteroatoms. The Hall–Kier alpha value is -1.35. The van der Waals surface area contributed by atoms with E-state index in [0.717, 1.165) is 9.26 Å². The van der Waals surface area contributed by atoms with Crippen LogP contribution in [-0.4, -0.2) is 47.3 Å². The molecule has 1 aliphatic heterocycles. The predicted octanol–water partition coefficient (Wildman–Crippen LogP) is 2.00. The number of amides is 2. The number of anilines is 1. The number of ether oxygens (including phenoxy) is 1. The van der Waals surface area contributed by atoms with Gasteiger partial charge in [0, 0.05) is 9.26 Å². The average molecular weight is 390 g/mol. The second kappa shape index (κ2) is 5.96. The van der Waals surface area contributed by atoms with Gasteiger partial charge in [0.25, 0.3) is 0 Å². The van der Waals surface area contributed by atoms with Gasteiger partial charge in [-0.25, -0.2) is 9.59 Å². The van der Waals surface area contributed by atoms with Crippen LogP contribution in [0.1, 0.15) is 6.92 Å². The van der Waals surface area contributed by atoms with E-state index in [-0.39, 0.29) is 12.6 Å². The van der Waals surface area contributed by atoms with Gasteiger partial charge in [0.05, 0.1) is 13.1 Å². The molecule has 1 aromatic carbocycles. The third-order valence-corrected chi connectivity index (χ3v) is 3.70. The maximum absolute atomic E-state index is 11.9.